The summed E-state index contributed by atoms with van der Waals surface area (Å²) in [6.07, 6.45) is 3.89. The topological polar surface area (TPSA) is 17.8 Å². The molecule has 3 rings (SSSR count). The Kier molecular flexibility index (Phi) is 4.15. The Morgan fingerprint density at radius 1 is 1.17 bits per heavy atom. The Labute approximate surface area is 142 Å². The van der Waals surface area contributed by atoms with Crippen LogP contribution in [0.1, 0.15) is 33.3 Å². The highest BCUT2D eigenvalue weighted by Crippen LogP contribution is 2.40. The molecule has 1 aromatic carbocycles. The van der Waals surface area contributed by atoms with Crippen molar-refractivity contribution < 1.29 is 0 Å². The number of thiophene rings is 1. The first-order chi connectivity index (χ1) is 10.9. The van der Waals surface area contributed by atoms with Crippen LogP contribution >= 0.6 is 11.3 Å². The van der Waals surface area contributed by atoms with Gasteiger partial charge in [-0.2, -0.15) is 0 Å². The van der Waals surface area contributed by atoms with Gasteiger partial charge in [-0.1, -0.05) is 45.9 Å². The van der Waals surface area contributed by atoms with Crippen LogP contribution in [0.4, 0.5) is 0 Å². The van der Waals surface area contributed by atoms with Crippen LogP contribution in [0, 0.1) is 5.92 Å². The van der Waals surface area contributed by atoms with Crippen molar-refractivity contribution in [1.82, 2.24) is 9.55 Å². The van der Waals surface area contributed by atoms with Gasteiger partial charge < -0.3 is 4.57 Å². The van der Waals surface area contributed by atoms with E-state index in [-0.39, 0.29) is 5.41 Å². The number of hydrogen-bond acceptors (Lipinski definition) is 2. The lowest BCUT2D eigenvalue weighted by atomic mass is 9.73. The predicted molar refractivity (Wildman–Crippen MR) is 99.8 cm³/mol. The summed E-state index contributed by atoms with van der Waals surface area (Å²) >= 11 is 1.78. The van der Waals surface area contributed by atoms with Crippen LogP contribution in [0.5, 0.6) is 0 Å². The van der Waals surface area contributed by atoms with E-state index in [2.05, 4.69) is 80.0 Å². The van der Waals surface area contributed by atoms with E-state index < -0.39 is 0 Å². The first-order valence-electron chi connectivity index (χ1n) is 8.07. The van der Waals surface area contributed by atoms with Crippen LogP contribution in [0.15, 0.2) is 48.1 Å². The highest BCUT2D eigenvalue weighted by molar-refractivity contribution is 7.13. The normalized spacial score (nSPS) is 12.1. The van der Waals surface area contributed by atoms with Crippen LogP contribution in [-0.4, -0.2) is 9.55 Å². The van der Waals surface area contributed by atoms with Gasteiger partial charge in [0.15, 0.2) is 0 Å². The SMILES string of the molecule is CC(C)C(C)(C)c1ccc(-c2cccs2)cc1-c1nccn1C. The van der Waals surface area contributed by atoms with E-state index >= 15 is 0 Å². The summed E-state index contributed by atoms with van der Waals surface area (Å²) < 4.78 is 2.10. The summed E-state index contributed by atoms with van der Waals surface area (Å²) in [5, 5.41) is 2.13. The third kappa shape index (κ3) is 2.86. The zero-order valence-electron chi connectivity index (χ0n) is 14.5. The smallest absolute Gasteiger partial charge is 0.139 e. The van der Waals surface area contributed by atoms with Crippen molar-refractivity contribution in [2.45, 2.75) is 33.1 Å². The zero-order valence-corrected chi connectivity index (χ0v) is 15.3. The van der Waals surface area contributed by atoms with Crippen LogP contribution in [-0.2, 0) is 12.5 Å². The number of nitrogens with zero attached hydrogens (tertiary/aromatic N) is 2. The highest BCUT2D eigenvalue weighted by Gasteiger charge is 2.29. The van der Waals surface area contributed by atoms with E-state index in [1.165, 1.54) is 21.6 Å². The van der Waals surface area contributed by atoms with Gasteiger partial charge in [0.05, 0.1) is 0 Å². The minimum atomic E-state index is 0.0925. The Morgan fingerprint density at radius 2 is 1.96 bits per heavy atom. The maximum absolute atomic E-state index is 4.61. The number of rotatable bonds is 4. The summed E-state index contributed by atoms with van der Waals surface area (Å²) in [6.45, 7) is 9.22. The molecular formula is C20H24N2S. The molecule has 0 amide bonds. The molecule has 0 saturated carbocycles. The molecule has 0 fully saturated rings. The van der Waals surface area contributed by atoms with Crippen LogP contribution in [0.25, 0.3) is 21.8 Å². The molecule has 23 heavy (non-hydrogen) atoms. The molecule has 0 N–H and O–H groups in total. The second-order valence-electron chi connectivity index (χ2n) is 6.98. The maximum atomic E-state index is 4.61. The third-order valence-corrected chi connectivity index (χ3v) is 5.94. The Bertz CT molecular complexity index is 795. The molecule has 0 saturated heterocycles. The predicted octanol–water partition coefficient (Wildman–Crippen LogP) is 5.75. The molecule has 2 nitrogen and oxygen atoms in total. The maximum Gasteiger partial charge on any atom is 0.139 e. The summed E-state index contributed by atoms with van der Waals surface area (Å²) in [5.74, 6) is 1.58. The van der Waals surface area contributed by atoms with E-state index in [1.807, 2.05) is 12.4 Å². The van der Waals surface area contributed by atoms with Crippen LogP contribution in [0.2, 0.25) is 0 Å². The average molecular weight is 324 g/mol. The molecule has 0 spiro atoms. The molecule has 0 radical (unpaired) electrons. The molecule has 0 aliphatic carbocycles. The second kappa shape index (κ2) is 5.97. The largest absolute Gasteiger partial charge is 0.334 e. The van der Waals surface area contributed by atoms with Crippen LogP contribution in [0.3, 0.4) is 0 Å². The fourth-order valence-electron chi connectivity index (χ4n) is 2.82. The minimum Gasteiger partial charge on any atom is -0.334 e. The van der Waals surface area contributed by atoms with Gasteiger partial charge in [0.1, 0.15) is 5.82 Å². The standard InChI is InChI=1S/C20H24N2S/c1-14(2)20(3,4)17-9-8-15(18-7-6-12-23-18)13-16(17)19-21-10-11-22(19)5/h6-14H,1-5H3. The quantitative estimate of drug-likeness (QED) is 0.597. The first-order valence-corrected chi connectivity index (χ1v) is 8.95. The number of imidazole rings is 1. The molecule has 0 aliphatic rings. The van der Waals surface area contributed by atoms with Crippen molar-refractivity contribution in [2.24, 2.45) is 13.0 Å². The van der Waals surface area contributed by atoms with Crippen molar-refractivity contribution in [1.29, 1.82) is 0 Å². The van der Waals surface area contributed by atoms with E-state index in [0.29, 0.717) is 5.92 Å². The van der Waals surface area contributed by atoms with Crippen molar-refractivity contribution >= 4 is 11.3 Å². The van der Waals surface area contributed by atoms with Gasteiger partial charge in [-0.3, -0.25) is 0 Å². The third-order valence-electron chi connectivity index (χ3n) is 5.02. The lowest BCUT2D eigenvalue weighted by molar-refractivity contribution is 0.373. The molecule has 0 bridgehead atoms. The van der Waals surface area contributed by atoms with E-state index in [4.69, 9.17) is 0 Å². The van der Waals surface area contributed by atoms with Crippen molar-refractivity contribution in [3.63, 3.8) is 0 Å². The molecule has 2 heterocycles. The monoisotopic (exact) mass is 324 g/mol. The number of hydrogen-bond donors (Lipinski definition) is 0. The Hall–Kier alpha value is -1.87. The molecule has 0 atom stereocenters. The number of aromatic nitrogens is 2. The Morgan fingerprint density at radius 3 is 2.52 bits per heavy atom. The fourth-order valence-corrected chi connectivity index (χ4v) is 3.55. The van der Waals surface area contributed by atoms with E-state index in [1.54, 1.807) is 11.3 Å². The molecule has 0 unspecified atom stereocenters. The molecule has 0 aliphatic heterocycles. The Balaban J connectivity index is 2.23. The first kappa shape index (κ1) is 16.0. The fraction of sp³-hybridized carbons (Fsp3) is 0.350. The second-order valence-corrected chi connectivity index (χ2v) is 7.92. The van der Waals surface area contributed by atoms with Gasteiger partial charge in [-0.25, -0.2) is 4.98 Å². The van der Waals surface area contributed by atoms with Gasteiger partial charge in [0.25, 0.3) is 0 Å². The van der Waals surface area contributed by atoms with Crippen LogP contribution < -0.4 is 0 Å². The highest BCUT2D eigenvalue weighted by atomic mass is 32.1. The summed E-state index contributed by atoms with van der Waals surface area (Å²) in [7, 11) is 2.06. The molecule has 2 aromatic heterocycles. The lowest BCUT2D eigenvalue weighted by Gasteiger charge is -2.32. The van der Waals surface area contributed by atoms with Gasteiger partial charge in [-0.05, 0) is 40.0 Å². The molecule has 120 valence electrons. The number of aryl methyl sites for hydroxylation is 1. The zero-order chi connectivity index (χ0) is 16.6. The van der Waals surface area contributed by atoms with E-state index in [0.717, 1.165) is 5.82 Å². The lowest BCUT2D eigenvalue weighted by Crippen LogP contribution is -2.25. The van der Waals surface area contributed by atoms with Gasteiger partial charge in [-0.15, -0.1) is 11.3 Å². The number of benzene rings is 1. The van der Waals surface area contributed by atoms with E-state index in [9.17, 15) is 0 Å². The average Bonchev–Trinajstić information content (AvgIpc) is 3.17. The summed E-state index contributed by atoms with van der Waals surface area (Å²) in [6, 6.07) is 11.1. The van der Waals surface area contributed by atoms with Crippen molar-refractivity contribution in [2.75, 3.05) is 0 Å². The minimum absolute atomic E-state index is 0.0925. The van der Waals surface area contributed by atoms with Crippen molar-refractivity contribution in [3.8, 4) is 21.8 Å². The summed E-state index contributed by atoms with van der Waals surface area (Å²) in [5.41, 5.74) is 3.96. The molecule has 3 heteroatoms. The summed E-state index contributed by atoms with van der Waals surface area (Å²) in [4.78, 5) is 5.91. The molecular weight excluding hydrogens is 300 g/mol. The molecule has 3 aromatic rings. The van der Waals surface area contributed by atoms with Gasteiger partial charge in [0, 0.05) is 29.9 Å². The van der Waals surface area contributed by atoms with Crippen molar-refractivity contribution in [3.05, 3.63) is 53.7 Å². The van der Waals surface area contributed by atoms with Gasteiger partial charge in [0.2, 0.25) is 0 Å². The van der Waals surface area contributed by atoms with Gasteiger partial charge >= 0.3 is 0 Å².